The Bertz CT molecular complexity index is 976. The molecule has 7 heteroatoms. The predicted molar refractivity (Wildman–Crippen MR) is 130 cm³/mol. The highest BCUT2D eigenvalue weighted by Gasteiger charge is 2.22. The molecule has 6 nitrogen and oxygen atoms in total. The van der Waals surface area contributed by atoms with Gasteiger partial charge in [-0.3, -0.25) is 0 Å². The number of rotatable bonds is 5. The van der Waals surface area contributed by atoms with Gasteiger partial charge in [-0.1, -0.05) is 30.3 Å². The lowest BCUT2D eigenvalue weighted by atomic mass is 9.96. The molecule has 1 fully saturated rings. The van der Waals surface area contributed by atoms with Crippen LogP contribution in [-0.2, 0) is 21.2 Å². The van der Waals surface area contributed by atoms with Crippen molar-refractivity contribution in [3.63, 3.8) is 0 Å². The van der Waals surface area contributed by atoms with Crippen LogP contribution in [0.1, 0.15) is 37.0 Å². The van der Waals surface area contributed by atoms with E-state index in [9.17, 15) is 8.42 Å². The van der Waals surface area contributed by atoms with E-state index >= 15 is 0 Å². The number of benzene rings is 2. The second-order valence-electron chi connectivity index (χ2n) is 8.23. The van der Waals surface area contributed by atoms with Crippen LogP contribution in [0.25, 0.3) is 0 Å². The van der Waals surface area contributed by atoms with Crippen molar-refractivity contribution < 1.29 is 13.2 Å². The van der Waals surface area contributed by atoms with Gasteiger partial charge in [0.15, 0.2) is 0 Å². The lowest BCUT2D eigenvalue weighted by Gasteiger charge is -2.29. The number of hydrogen-bond donors (Lipinski definition) is 1. The summed E-state index contributed by atoms with van der Waals surface area (Å²) < 4.78 is 28.9. The van der Waals surface area contributed by atoms with Gasteiger partial charge in [-0.15, -0.1) is 6.58 Å². The summed E-state index contributed by atoms with van der Waals surface area (Å²) >= 11 is 0. The quantitative estimate of drug-likeness (QED) is 0.692. The molecule has 2 aliphatic rings. The number of primary sulfonamides is 1. The van der Waals surface area contributed by atoms with Gasteiger partial charge in [0.25, 0.3) is 0 Å². The molecule has 2 heterocycles. The number of ether oxygens (including phenoxy) is 1. The summed E-state index contributed by atoms with van der Waals surface area (Å²) in [6, 6.07) is 15.5. The first kappa shape index (κ1) is 24.5. The molecule has 2 aromatic carbocycles. The van der Waals surface area contributed by atoms with Crippen molar-refractivity contribution in [3.05, 3.63) is 72.3 Å². The van der Waals surface area contributed by atoms with E-state index in [1.54, 1.807) is 18.2 Å². The molecule has 32 heavy (non-hydrogen) atoms. The van der Waals surface area contributed by atoms with Crippen LogP contribution in [0.2, 0.25) is 0 Å². The smallest absolute Gasteiger partial charge is 0.238 e. The normalized spacial score (nSPS) is 19.3. The number of anilines is 1. The van der Waals surface area contributed by atoms with Crippen molar-refractivity contribution >= 4 is 15.7 Å². The van der Waals surface area contributed by atoms with Gasteiger partial charge in [0.1, 0.15) is 0 Å². The molecule has 2 aliphatic heterocycles. The molecule has 0 aromatic heterocycles. The van der Waals surface area contributed by atoms with Crippen LogP contribution in [0.4, 0.5) is 5.69 Å². The van der Waals surface area contributed by atoms with Gasteiger partial charge in [0, 0.05) is 31.9 Å². The molecule has 0 spiro atoms. The van der Waals surface area contributed by atoms with Gasteiger partial charge in [0.05, 0.1) is 17.6 Å². The maximum atomic E-state index is 11.4. The Balaban J connectivity index is 0.000000913. The highest BCUT2D eigenvalue weighted by Crippen LogP contribution is 2.29. The lowest BCUT2D eigenvalue weighted by molar-refractivity contribution is 0.0297. The van der Waals surface area contributed by atoms with E-state index in [4.69, 9.17) is 9.88 Å². The second kappa shape index (κ2) is 11.6. The molecular weight excluding hydrogens is 422 g/mol. The molecule has 174 valence electrons. The first-order valence-electron chi connectivity index (χ1n) is 11.3. The minimum absolute atomic E-state index is 0.158. The monoisotopic (exact) mass is 457 g/mol. The summed E-state index contributed by atoms with van der Waals surface area (Å²) in [6.45, 7) is 11.0. The second-order valence-corrected chi connectivity index (χ2v) is 9.79. The number of nitrogens with zero attached hydrogens (tertiary/aromatic N) is 2. The van der Waals surface area contributed by atoms with E-state index in [-0.39, 0.29) is 11.0 Å². The van der Waals surface area contributed by atoms with Gasteiger partial charge in [-0.05, 0) is 68.1 Å². The summed E-state index contributed by atoms with van der Waals surface area (Å²) in [5, 5.41) is 5.19. The molecule has 0 bridgehead atoms. The van der Waals surface area contributed by atoms with Gasteiger partial charge in [-0.2, -0.15) is 0 Å². The SMILES string of the molecule is C=CC.NS(=O)(=O)c1ccc(N2CCCN(CCC3OCCc4ccccc43)CC2)cc1. The maximum Gasteiger partial charge on any atom is 0.238 e. The van der Waals surface area contributed by atoms with E-state index in [1.807, 2.05) is 19.1 Å². The number of hydrogen-bond acceptors (Lipinski definition) is 5. The summed E-state index contributed by atoms with van der Waals surface area (Å²) in [5.41, 5.74) is 3.82. The van der Waals surface area contributed by atoms with Crippen LogP contribution in [0.5, 0.6) is 0 Å². The summed E-state index contributed by atoms with van der Waals surface area (Å²) in [7, 11) is -3.64. The zero-order chi connectivity index (χ0) is 23.0. The van der Waals surface area contributed by atoms with Gasteiger partial charge in [0.2, 0.25) is 10.0 Å². The van der Waals surface area contributed by atoms with E-state index in [0.717, 1.165) is 64.3 Å². The van der Waals surface area contributed by atoms with Crippen molar-refractivity contribution in [2.75, 3.05) is 44.2 Å². The van der Waals surface area contributed by atoms with Gasteiger partial charge >= 0.3 is 0 Å². The van der Waals surface area contributed by atoms with Crippen molar-refractivity contribution in [3.8, 4) is 0 Å². The summed E-state index contributed by atoms with van der Waals surface area (Å²) in [4.78, 5) is 4.99. The zero-order valence-corrected chi connectivity index (χ0v) is 19.8. The fourth-order valence-electron chi connectivity index (χ4n) is 4.31. The van der Waals surface area contributed by atoms with E-state index < -0.39 is 10.0 Å². The van der Waals surface area contributed by atoms with E-state index in [0.29, 0.717) is 0 Å². The van der Waals surface area contributed by atoms with Crippen LogP contribution in [-0.4, -0.2) is 52.6 Å². The van der Waals surface area contributed by atoms with Crippen LogP contribution in [0.15, 0.2) is 66.1 Å². The fourth-order valence-corrected chi connectivity index (χ4v) is 4.83. The summed E-state index contributed by atoms with van der Waals surface area (Å²) in [6.07, 6.45) is 5.05. The minimum atomic E-state index is -3.64. The molecule has 1 unspecified atom stereocenters. The largest absolute Gasteiger partial charge is 0.373 e. The topological polar surface area (TPSA) is 75.9 Å². The Morgan fingerprint density at radius 3 is 2.53 bits per heavy atom. The van der Waals surface area contributed by atoms with Crippen LogP contribution < -0.4 is 10.0 Å². The third-order valence-electron chi connectivity index (χ3n) is 5.92. The highest BCUT2D eigenvalue weighted by molar-refractivity contribution is 7.89. The third-order valence-corrected chi connectivity index (χ3v) is 6.85. The van der Waals surface area contributed by atoms with Crippen molar-refractivity contribution in [2.24, 2.45) is 5.14 Å². The summed E-state index contributed by atoms with van der Waals surface area (Å²) in [5.74, 6) is 0. The molecule has 2 N–H and O–H groups in total. The number of sulfonamides is 1. The van der Waals surface area contributed by atoms with Crippen molar-refractivity contribution in [1.29, 1.82) is 0 Å². The minimum Gasteiger partial charge on any atom is -0.373 e. The molecule has 0 saturated carbocycles. The molecule has 4 rings (SSSR count). The van der Waals surface area contributed by atoms with Crippen molar-refractivity contribution in [1.82, 2.24) is 4.90 Å². The third kappa shape index (κ3) is 6.65. The lowest BCUT2D eigenvalue weighted by Crippen LogP contribution is -2.32. The zero-order valence-electron chi connectivity index (χ0n) is 18.9. The first-order valence-corrected chi connectivity index (χ1v) is 12.8. The Morgan fingerprint density at radius 2 is 1.81 bits per heavy atom. The average Bonchev–Trinajstić information content (AvgIpc) is 3.03. The van der Waals surface area contributed by atoms with E-state index in [2.05, 4.69) is 40.6 Å². The number of nitrogens with two attached hydrogens (primary N) is 1. The first-order chi connectivity index (χ1) is 15.4. The molecule has 0 amide bonds. The van der Waals surface area contributed by atoms with Crippen LogP contribution >= 0.6 is 0 Å². The number of fused-ring (bicyclic) bond motifs is 1. The molecule has 1 saturated heterocycles. The Hall–Kier alpha value is -2.19. The fraction of sp³-hybridized carbons (Fsp3) is 0.440. The molecular formula is C25H35N3O3S. The Kier molecular flexibility index (Phi) is 8.87. The molecule has 2 aromatic rings. The average molecular weight is 458 g/mol. The maximum absolute atomic E-state index is 11.4. The van der Waals surface area contributed by atoms with Gasteiger partial charge < -0.3 is 14.5 Å². The van der Waals surface area contributed by atoms with Crippen LogP contribution in [0, 0.1) is 0 Å². The van der Waals surface area contributed by atoms with Gasteiger partial charge in [-0.25, -0.2) is 13.6 Å². The van der Waals surface area contributed by atoms with Crippen molar-refractivity contribution in [2.45, 2.75) is 37.2 Å². The highest BCUT2D eigenvalue weighted by atomic mass is 32.2. The molecule has 0 radical (unpaired) electrons. The molecule has 0 aliphatic carbocycles. The van der Waals surface area contributed by atoms with Crippen LogP contribution in [0.3, 0.4) is 0 Å². The Labute approximate surface area is 192 Å². The molecule has 1 atom stereocenters. The standard InChI is InChI=1S/C22H29N3O3S.C3H6/c23-29(26,27)20-8-6-19(7-9-20)25-13-3-12-24(15-16-25)14-10-22-21-5-2-1-4-18(21)11-17-28-22;1-3-2/h1-2,4-9,22H,3,10-17H2,(H2,23,26,27);3H,1H2,2H3. The predicted octanol–water partition coefficient (Wildman–Crippen LogP) is 3.74. The Morgan fingerprint density at radius 1 is 1.09 bits per heavy atom. The number of allylic oxidation sites excluding steroid dienone is 1. The van der Waals surface area contributed by atoms with E-state index in [1.165, 1.54) is 11.1 Å².